The van der Waals surface area contributed by atoms with Gasteiger partial charge in [-0.05, 0) is 19.1 Å². The van der Waals surface area contributed by atoms with Gasteiger partial charge in [0.1, 0.15) is 0 Å². The van der Waals surface area contributed by atoms with Crippen molar-refractivity contribution in [2.45, 2.75) is 12.5 Å². The van der Waals surface area contributed by atoms with Crippen molar-refractivity contribution in [1.29, 1.82) is 0 Å². The molecule has 1 unspecified atom stereocenters. The lowest BCUT2D eigenvalue weighted by Gasteiger charge is -2.20. The van der Waals surface area contributed by atoms with E-state index in [2.05, 4.69) is 10.3 Å². The van der Waals surface area contributed by atoms with E-state index in [1.807, 2.05) is 0 Å². The summed E-state index contributed by atoms with van der Waals surface area (Å²) in [6.45, 7) is 2.11. The van der Waals surface area contributed by atoms with Gasteiger partial charge >= 0.3 is 6.03 Å². The van der Waals surface area contributed by atoms with Gasteiger partial charge in [0.25, 0.3) is 5.91 Å². The molecule has 1 fully saturated rings. The van der Waals surface area contributed by atoms with Gasteiger partial charge in [-0.15, -0.1) is 0 Å². The predicted octanol–water partition coefficient (Wildman–Crippen LogP) is -0.193. The minimum atomic E-state index is -1.09. The summed E-state index contributed by atoms with van der Waals surface area (Å²) in [6.07, 6.45) is 1.59. The van der Waals surface area contributed by atoms with E-state index in [9.17, 15) is 9.59 Å². The number of nitrogens with zero attached hydrogens (tertiary/aromatic N) is 2. The summed E-state index contributed by atoms with van der Waals surface area (Å²) in [4.78, 5) is 29.1. The number of nitrogens with two attached hydrogens (primary N) is 1. The Bertz CT molecular complexity index is 448. The van der Waals surface area contributed by atoms with E-state index in [1.54, 1.807) is 31.3 Å². The fourth-order valence-electron chi connectivity index (χ4n) is 1.86. The van der Waals surface area contributed by atoms with Crippen molar-refractivity contribution in [3.63, 3.8) is 0 Å². The van der Waals surface area contributed by atoms with Crippen LogP contribution >= 0.6 is 0 Å². The van der Waals surface area contributed by atoms with Gasteiger partial charge in [-0.1, -0.05) is 6.07 Å². The average Bonchev–Trinajstić information content (AvgIpc) is 2.56. The molecule has 1 aliphatic rings. The molecule has 1 saturated heterocycles. The van der Waals surface area contributed by atoms with E-state index in [0.29, 0.717) is 5.69 Å². The molecule has 1 atom stereocenters. The Balaban J connectivity index is 2.35. The van der Waals surface area contributed by atoms with E-state index in [-0.39, 0.29) is 19.0 Å². The molecule has 2 rings (SSSR count). The molecule has 0 radical (unpaired) electrons. The van der Waals surface area contributed by atoms with E-state index in [1.165, 1.54) is 0 Å². The predicted molar refractivity (Wildman–Crippen MR) is 60.9 cm³/mol. The minimum absolute atomic E-state index is 0.215. The first-order chi connectivity index (χ1) is 8.09. The van der Waals surface area contributed by atoms with Crippen molar-refractivity contribution in [2.24, 2.45) is 5.73 Å². The number of rotatable bonds is 3. The second-order valence-corrected chi connectivity index (χ2v) is 4.02. The molecule has 1 aromatic heterocycles. The summed E-state index contributed by atoms with van der Waals surface area (Å²) in [7, 11) is 0. The highest BCUT2D eigenvalue weighted by molar-refractivity contribution is 6.06. The van der Waals surface area contributed by atoms with Crippen LogP contribution in [0.15, 0.2) is 24.4 Å². The van der Waals surface area contributed by atoms with Gasteiger partial charge in [0.15, 0.2) is 5.54 Å². The monoisotopic (exact) mass is 234 g/mol. The third kappa shape index (κ3) is 1.76. The molecule has 0 saturated carbocycles. The van der Waals surface area contributed by atoms with Gasteiger partial charge < -0.3 is 11.1 Å². The number of nitrogens with one attached hydrogen (secondary N) is 1. The Morgan fingerprint density at radius 2 is 2.24 bits per heavy atom. The Morgan fingerprint density at radius 3 is 2.82 bits per heavy atom. The lowest BCUT2D eigenvalue weighted by molar-refractivity contribution is -0.131. The molecule has 0 aromatic carbocycles. The highest BCUT2D eigenvalue weighted by atomic mass is 16.2. The number of imide groups is 1. The van der Waals surface area contributed by atoms with E-state index in [0.717, 1.165) is 4.90 Å². The molecule has 2 heterocycles. The number of urea groups is 1. The van der Waals surface area contributed by atoms with Crippen molar-refractivity contribution < 1.29 is 9.59 Å². The number of carbonyl (C=O) groups excluding carboxylic acids is 2. The van der Waals surface area contributed by atoms with Crippen LogP contribution in [0.4, 0.5) is 4.79 Å². The first-order valence-corrected chi connectivity index (χ1v) is 5.35. The number of aromatic nitrogens is 1. The number of hydrogen-bond donors (Lipinski definition) is 2. The van der Waals surface area contributed by atoms with Crippen LogP contribution in [0.2, 0.25) is 0 Å². The van der Waals surface area contributed by atoms with Gasteiger partial charge in [-0.25, -0.2) is 4.79 Å². The van der Waals surface area contributed by atoms with Crippen LogP contribution in [0.5, 0.6) is 0 Å². The number of amides is 3. The summed E-state index contributed by atoms with van der Waals surface area (Å²) in [5.74, 6) is -0.313. The normalized spacial score (nSPS) is 24.0. The van der Waals surface area contributed by atoms with Crippen LogP contribution in [0.25, 0.3) is 0 Å². The molecule has 1 aliphatic heterocycles. The van der Waals surface area contributed by atoms with Crippen LogP contribution in [-0.4, -0.2) is 34.9 Å². The highest BCUT2D eigenvalue weighted by Crippen LogP contribution is 2.26. The molecular formula is C11H14N4O2. The maximum absolute atomic E-state index is 12.2. The van der Waals surface area contributed by atoms with Crippen LogP contribution in [0, 0.1) is 0 Å². The number of carbonyl (C=O) groups is 2. The quantitative estimate of drug-likeness (QED) is 0.709. The van der Waals surface area contributed by atoms with Crippen molar-refractivity contribution >= 4 is 11.9 Å². The first-order valence-electron chi connectivity index (χ1n) is 5.35. The fourth-order valence-corrected chi connectivity index (χ4v) is 1.86. The number of hydrogen-bond acceptors (Lipinski definition) is 4. The van der Waals surface area contributed by atoms with Gasteiger partial charge in [0, 0.05) is 19.3 Å². The second-order valence-electron chi connectivity index (χ2n) is 4.02. The third-order valence-corrected chi connectivity index (χ3v) is 2.80. The SMILES string of the molecule is CC1(c2ccccn2)NC(=O)N(CCN)C1=O. The van der Waals surface area contributed by atoms with Gasteiger partial charge in [-0.2, -0.15) is 0 Å². The van der Waals surface area contributed by atoms with Crippen molar-refractivity contribution in [3.05, 3.63) is 30.1 Å². The molecule has 17 heavy (non-hydrogen) atoms. The Hall–Kier alpha value is -1.95. The van der Waals surface area contributed by atoms with Crippen LogP contribution in [0.1, 0.15) is 12.6 Å². The summed E-state index contributed by atoms with van der Waals surface area (Å²) in [6, 6.07) is 4.82. The van der Waals surface area contributed by atoms with Crippen LogP contribution < -0.4 is 11.1 Å². The standard InChI is InChI=1S/C11H14N4O2/c1-11(8-4-2-3-6-13-8)9(16)15(7-5-12)10(17)14-11/h2-4,6H,5,7,12H2,1H3,(H,14,17). The Kier molecular flexibility index (Phi) is 2.81. The Morgan fingerprint density at radius 1 is 1.47 bits per heavy atom. The third-order valence-electron chi connectivity index (χ3n) is 2.80. The zero-order chi connectivity index (χ0) is 12.5. The lowest BCUT2D eigenvalue weighted by atomic mass is 9.97. The Labute approximate surface area is 98.8 Å². The summed E-state index contributed by atoms with van der Waals surface area (Å²) in [5.41, 5.74) is 4.81. The van der Waals surface area contributed by atoms with Crippen molar-refractivity contribution in [1.82, 2.24) is 15.2 Å². The maximum atomic E-state index is 12.2. The smallest absolute Gasteiger partial charge is 0.325 e. The maximum Gasteiger partial charge on any atom is 0.325 e. The first kappa shape index (κ1) is 11.5. The van der Waals surface area contributed by atoms with Crippen LogP contribution in [0.3, 0.4) is 0 Å². The molecule has 6 nitrogen and oxygen atoms in total. The van der Waals surface area contributed by atoms with Gasteiger partial charge in [0.2, 0.25) is 0 Å². The van der Waals surface area contributed by atoms with Crippen molar-refractivity contribution in [2.75, 3.05) is 13.1 Å². The van der Waals surface area contributed by atoms with Crippen LogP contribution in [-0.2, 0) is 10.3 Å². The average molecular weight is 234 g/mol. The van der Waals surface area contributed by atoms with E-state index in [4.69, 9.17) is 5.73 Å². The summed E-state index contributed by atoms with van der Waals surface area (Å²) >= 11 is 0. The zero-order valence-electron chi connectivity index (χ0n) is 9.51. The zero-order valence-corrected chi connectivity index (χ0v) is 9.51. The lowest BCUT2D eigenvalue weighted by Crippen LogP contribution is -2.42. The second kappa shape index (κ2) is 4.14. The molecule has 3 amide bonds. The van der Waals surface area contributed by atoms with E-state index < -0.39 is 11.6 Å². The fraction of sp³-hybridized carbons (Fsp3) is 0.364. The topological polar surface area (TPSA) is 88.3 Å². The summed E-state index contributed by atoms with van der Waals surface area (Å²) in [5, 5.41) is 2.65. The molecule has 0 bridgehead atoms. The molecule has 3 N–H and O–H groups in total. The van der Waals surface area contributed by atoms with E-state index >= 15 is 0 Å². The molecule has 0 aliphatic carbocycles. The molecule has 6 heteroatoms. The molecular weight excluding hydrogens is 220 g/mol. The highest BCUT2D eigenvalue weighted by Gasteiger charge is 2.49. The van der Waals surface area contributed by atoms with Gasteiger partial charge in [0.05, 0.1) is 5.69 Å². The molecule has 1 aromatic rings. The van der Waals surface area contributed by atoms with Crippen molar-refractivity contribution in [3.8, 4) is 0 Å². The summed E-state index contributed by atoms with van der Waals surface area (Å²) < 4.78 is 0. The molecule has 0 spiro atoms. The number of pyridine rings is 1. The molecule has 90 valence electrons. The van der Waals surface area contributed by atoms with Gasteiger partial charge in [-0.3, -0.25) is 14.7 Å². The minimum Gasteiger partial charge on any atom is -0.329 e. The largest absolute Gasteiger partial charge is 0.329 e.